The molecule has 3 rings (SSSR count). The first kappa shape index (κ1) is 26.1. The van der Waals surface area contributed by atoms with Gasteiger partial charge in [0.25, 0.3) is 5.91 Å². The number of nitrogens with one attached hydrogen (secondary N) is 1. The number of amides is 1. The van der Waals surface area contributed by atoms with Gasteiger partial charge in [0.1, 0.15) is 5.54 Å². The van der Waals surface area contributed by atoms with E-state index in [9.17, 15) is 4.79 Å². The molecule has 0 atom stereocenters. The van der Waals surface area contributed by atoms with Crippen LogP contribution in [0.3, 0.4) is 0 Å². The maximum Gasteiger partial charge on any atom is 0.252 e. The summed E-state index contributed by atoms with van der Waals surface area (Å²) in [6, 6.07) is 18.7. The van der Waals surface area contributed by atoms with Crippen molar-refractivity contribution >= 4 is 40.0 Å². The molecule has 1 amide bonds. The third-order valence-electron chi connectivity index (χ3n) is 4.59. The van der Waals surface area contributed by atoms with Gasteiger partial charge in [0.15, 0.2) is 0 Å². The van der Waals surface area contributed by atoms with Crippen molar-refractivity contribution in [3.8, 4) is 0 Å². The number of rotatable bonds is 7. The Morgan fingerprint density at radius 2 is 1.06 bits per heavy atom. The van der Waals surface area contributed by atoms with Gasteiger partial charge in [-0.25, -0.2) is 0 Å². The van der Waals surface area contributed by atoms with Gasteiger partial charge in [0, 0.05) is 28.3 Å². The highest BCUT2D eigenvalue weighted by Gasteiger charge is 2.30. The molecule has 0 fully saturated rings. The number of carbonyl (C=O) groups is 1. The molecule has 0 radical (unpaired) electrons. The molecule has 11 nitrogen and oxygen atoms in total. The Hall–Kier alpha value is -4.19. The summed E-state index contributed by atoms with van der Waals surface area (Å²) in [6.07, 6.45) is 0. The first-order valence-electron chi connectivity index (χ1n) is 10.1. The molecule has 0 aromatic heterocycles. The summed E-state index contributed by atoms with van der Waals surface area (Å²) < 4.78 is 0. The highest BCUT2D eigenvalue weighted by atomic mass is 16.3. The van der Waals surface area contributed by atoms with Crippen LogP contribution in [0.15, 0.2) is 77.0 Å². The van der Waals surface area contributed by atoms with E-state index in [2.05, 4.69) is 15.5 Å². The lowest BCUT2D eigenvalue weighted by molar-refractivity contribution is 0.0375. The van der Waals surface area contributed by atoms with Crippen LogP contribution in [0.5, 0.6) is 0 Å². The maximum absolute atomic E-state index is 11.9. The number of aliphatic hydroxyl groups is 3. The van der Waals surface area contributed by atoms with Crippen molar-refractivity contribution in [1.29, 1.82) is 0 Å². The van der Waals surface area contributed by atoms with E-state index in [0.717, 1.165) is 11.4 Å². The highest BCUT2D eigenvalue weighted by Crippen LogP contribution is 2.20. The van der Waals surface area contributed by atoms with Gasteiger partial charge in [-0.05, 0) is 66.7 Å². The maximum atomic E-state index is 11.9. The number of nitrogen functional groups attached to an aromatic ring is 4. The molecule has 0 aliphatic heterocycles. The molecule has 3 aromatic rings. The fourth-order valence-electron chi connectivity index (χ4n) is 2.59. The van der Waals surface area contributed by atoms with Crippen LogP contribution < -0.4 is 28.3 Å². The molecule has 12 N–H and O–H groups in total. The van der Waals surface area contributed by atoms with E-state index in [4.69, 9.17) is 38.3 Å². The van der Waals surface area contributed by atoms with Gasteiger partial charge >= 0.3 is 0 Å². The average molecular weight is 468 g/mol. The van der Waals surface area contributed by atoms with Crippen molar-refractivity contribution in [1.82, 2.24) is 5.32 Å². The molecule has 0 unspecified atom stereocenters. The molecule has 0 heterocycles. The first-order chi connectivity index (χ1) is 16.2. The number of hydrogen-bond acceptors (Lipinski definition) is 10. The summed E-state index contributed by atoms with van der Waals surface area (Å²) in [5.41, 5.74) is 24.6. The standard InChI is InChI=1S/C12H12N4.C11H17N3O4/c13-9-1-5-11(6-2-9)15-16-12-7-3-10(14)4-8-12;12-8-1-7(2-9(13)3-8)10(18)14-11(4-15,5-16)6-17/h1-8H,13-14H2;1-3,15-17H,4-6,12-13H2,(H,14,18). The number of hydrogen-bond donors (Lipinski definition) is 8. The van der Waals surface area contributed by atoms with Crippen LogP contribution in [-0.2, 0) is 0 Å². The summed E-state index contributed by atoms with van der Waals surface area (Å²) in [7, 11) is 0. The van der Waals surface area contributed by atoms with Crippen molar-refractivity contribution in [2.24, 2.45) is 10.2 Å². The Labute approximate surface area is 196 Å². The lowest BCUT2D eigenvalue weighted by Gasteiger charge is -2.28. The third-order valence-corrected chi connectivity index (χ3v) is 4.59. The van der Waals surface area contributed by atoms with Crippen LogP contribution in [0, 0.1) is 0 Å². The van der Waals surface area contributed by atoms with Gasteiger partial charge in [0.05, 0.1) is 31.2 Å². The van der Waals surface area contributed by atoms with Crippen molar-refractivity contribution in [2.75, 3.05) is 42.8 Å². The zero-order valence-electron chi connectivity index (χ0n) is 18.4. The fraction of sp³-hybridized carbons (Fsp3) is 0.174. The first-order valence-corrected chi connectivity index (χ1v) is 10.1. The zero-order chi connectivity index (χ0) is 25.1. The van der Waals surface area contributed by atoms with Gasteiger partial charge in [-0.1, -0.05) is 0 Å². The Morgan fingerprint density at radius 1 is 0.676 bits per heavy atom. The van der Waals surface area contributed by atoms with Crippen LogP contribution in [0.4, 0.5) is 34.1 Å². The van der Waals surface area contributed by atoms with Crippen LogP contribution >= 0.6 is 0 Å². The second-order valence-electron chi connectivity index (χ2n) is 7.48. The summed E-state index contributed by atoms with van der Waals surface area (Å²) >= 11 is 0. The second kappa shape index (κ2) is 12.2. The number of anilines is 4. The van der Waals surface area contributed by atoms with Crippen molar-refractivity contribution in [2.45, 2.75) is 5.54 Å². The zero-order valence-corrected chi connectivity index (χ0v) is 18.4. The smallest absolute Gasteiger partial charge is 0.252 e. The Kier molecular flexibility index (Phi) is 9.32. The van der Waals surface area contributed by atoms with Gasteiger partial charge < -0.3 is 43.6 Å². The van der Waals surface area contributed by atoms with Crippen LogP contribution in [0.1, 0.15) is 10.4 Å². The van der Waals surface area contributed by atoms with Crippen LogP contribution in [0.25, 0.3) is 0 Å². The number of benzene rings is 3. The molecule has 3 aromatic carbocycles. The molecule has 180 valence electrons. The predicted molar refractivity (Wildman–Crippen MR) is 133 cm³/mol. The van der Waals surface area contributed by atoms with E-state index in [1.807, 2.05) is 24.3 Å². The summed E-state index contributed by atoms with van der Waals surface area (Å²) in [5, 5.41) is 37.8. The lowest BCUT2D eigenvalue weighted by atomic mass is 10.0. The Balaban J connectivity index is 0.000000241. The summed E-state index contributed by atoms with van der Waals surface area (Å²) in [6.45, 7) is -1.78. The molecule has 0 aliphatic rings. The summed E-state index contributed by atoms with van der Waals surface area (Å²) in [4.78, 5) is 11.9. The molecule has 0 saturated heterocycles. The minimum atomic E-state index is -1.48. The number of nitrogens with zero attached hydrogens (tertiary/aromatic N) is 2. The number of nitrogens with two attached hydrogens (primary N) is 4. The molecule has 0 spiro atoms. The molecular formula is C23H29N7O4. The van der Waals surface area contributed by atoms with Crippen molar-refractivity contribution in [3.63, 3.8) is 0 Å². The van der Waals surface area contributed by atoms with Gasteiger partial charge in [-0.3, -0.25) is 4.79 Å². The number of azo groups is 1. The van der Waals surface area contributed by atoms with E-state index in [0.29, 0.717) is 22.7 Å². The van der Waals surface area contributed by atoms with E-state index in [-0.39, 0.29) is 5.56 Å². The van der Waals surface area contributed by atoms with Crippen LogP contribution in [0.2, 0.25) is 0 Å². The second-order valence-corrected chi connectivity index (χ2v) is 7.48. The molecule has 0 saturated carbocycles. The van der Waals surface area contributed by atoms with Gasteiger partial charge in [-0.15, -0.1) is 0 Å². The van der Waals surface area contributed by atoms with Gasteiger partial charge in [0.2, 0.25) is 0 Å². The quantitative estimate of drug-likeness (QED) is 0.188. The third kappa shape index (κ3) is 7.74. The fourth-order valence-corrected chi connectivity index (χ4v) is 2.59. The molecule has 34 heavy (non-hydrogen) atoms. The molecule has 0 aliphatic carbocycles. The number of aliphatic hydroxyl groups excluding tert-OH is 3. The van der Waals surface area contributed by atoms with E-state index in [1.165, 1.54) is 18.2 Å². The normalized spacial score (nSPS) is 11.0. The predicted octanol–water partition coefficient (Wildman–Crippen LogP) is 1.56. The largest absolute Gasteiger partial charge is 0.399 e. The molecule has 11 heteroatoms. The number of carbonyl (C=O) groups excluding carboxylic acids is 1. The van der Waals surface area contributed by atoms with Crippen LogP contribution in [-0.4, -0.2) is 46.6 Å². The van der Waals surface area contributed by atoms with Crippen molar-refractivity contribution < 1.29 is 20.1 Å². The van der Waals surface area contributed by atoms with E-state index in [1.54, 1.807) is 24.3 Å². The Morgan fingerprint density at radius 3 is 1.41 bits per heavy atom. The molecular weight excluding hydrogens is 438 g/mol. The minimum absolute atomic E-state index is 0.187. The monoisotopic (exact) mass is 467 g/mol. The Bertz CT molecular complexity index is 1020. The van der Waals surface area contributed by atoms with Crippen molar-refractivity contribution in [3.05, 3.63) is 72.3 Å². The topological polar surface area (TPSA) is 219 Å². The summed E-state index contributed by atoms with van der Waals surface area (Å²) in [5.74, 6) is -0.592. The minimum Gasteiger partial charge on any atom is -0.399 e. The van der Waals surface area contributed by atoms with E-state index >= 15 is 0 Å². The average Bonchev–Trinajstić information content (AvgIpc) is 2.83. The SMILES string of the molecule is Nc1cc(N)cc(C(=O)NC(CO)(CO)CO)c1.Nc1ccc(N=Nc2ccc(N)cc2)cc1. The van der Waals surface area contributed by atoms with E-state index < -0.39 is 31.3 Å². The molecule has 0 bridgehead atoms. The lowest BCUT2D eigenvalue weighted by Crippen LogP contribution is -2.57. The van der Waals surface area contributed by atoms with Gasteiger partial charge in [-0.2, -0.15) is 10.2 Å². The highest BCUT2D eigenvalue weighted by molar-refractivity contribution is 5.96.